The number of hydrogen-bond donors (Lipinski definition) is 1. The van der Waals surface area contributed by atoms with Gasteiger partial charge in [0.05, 0.1) is 11.9 Å². The molecule has 2 atom stereocenters. The van der Waals surface area contributed by atoms with E-state index in [9.17, 15) is 4.79 Å². The van der Waals surface area contributed by atoms with Crippen LogP contribution < -0.4 is 5.32 Å². The molecule has 0 radical (unpaired) electrons. The first-order valence-electron chi connectivity index (χ1n) is 8.29. The number of hydrogen-bond acceptors (Lipinski definition) is 6. The van der Waals surface area contributed by atoms with Gasteiger partial charge < -0.3 is 5.32 Å². The number of alkyl halides is 1. The SMILES string of the molecule is Cc1ccc(CNCC2CCCCN2C2(F)C=NN=C2C=O)nc1. The van der Waals surface area contributed by atoms with Gasteiger partial charge in [-0.2, -0.15) is 5.10 Å². The van der Waals surface area contributed by atoms with E-state index in [0.717, 1.165) is 36.7 Å². The van der Waals surface area contributed by atoms with E-state index in [1.807, 2.05) is 25.3 Å². The van der Waals surface area contributed by atoms with Crippen molar-refractivity contribution in [3.05, 3.63) is 29.6 Å². The van der Waals surface area contributed by atoms with Gasteiger partial charge >= 0.3 is 0 Å². The van der Waals surface area contributed by atoms with Crippen molar-refractivity contribution in [2.75, 3.05) is 13.1 Å². The molecule has 128 valence electrons. The van der Waals surface area contributed by atoms with E-state index in [4.69, 9.17) is 0 Å². The summed E-state index contributed by atoms with van der Waals surface area (Å²) in [5, 5.41) is 10.6. The maximum absolute atomic E-state index is 15.3. The van der Waals surface area contributed by atoms with Crippen molar-refractivity contribution in [1.29, 1.82) is 0 Å². The van der Waals surface area contributed by atoms with Crippen LogP contribution in [0, 0.1) is 6.92 Å². The highest BCUT2D eigenvalue weighted by molar-refractivity contribution is 6.37. The van der Waals surface area contributed by atoms with Gasteiger partial charge in [-0.25, -0.2) is 4.39 Å². The van der Waals surface area contributed by atoms with Crippen LogP contribution in [0.2, 0.25) is 0 Å². The Morgan fingerprint density at radius 3 is 3.08 bits per heavy atom. The van der Waals surface area contributed by atoms with E-state index in [0.29, 0.717) is 25.9 Å². The van der Waals surface area contributed by atoms with Gasteiger partial charge in [0.1, 0.15) is 0 Å². The first-order chi connectivity index (χ1) is 11.6. The molecule has 1 N–H and O–H groups in total. The van der Waals surface area contributed by atoms with Crippen LogP contribution in [0.4, 0.5) is 4.39 Å². The monoisotopic (exact) mass is 331 g/mol. The lowest BCUT2D eigenvalue weighted by Gasteiger charge is -2.41. The lowest BCUT2D eigenvalue weighted by Crippen LogP contribution is -2.59. The summed E-state index contributed by atoms with van der Waals surface area (Å²) in [5.41, 5.74) is 1.92. The number of pyridine rings is 1. The van der Waals surface area contributed by atoms with Gasteiger partial charge in [0, 0.05) is 31.9 Å². The highest BCUT2D eigenvalue weighted by atomic mass is 19.1. The average molecular weight is 331 g/mol. The maximum Gasteiger partial charge on any atom is 0.249 e. The zero-order valence-corrected chi connectivity index (χ0v) is 13.8. The van der Waals surface area contributed by atoms with Crippen LogP contribution >= 0.6 is 0 Å². The fraction of sp³-hybridized carbons (Fsp3) is 0.529. The normalized spacial score (nSPS) is 27.2. The summed E-state index contributed by atoms with van der Waals surface area (Å²) in [6.45, 7) is 3.85. The molecule has 0 aliphatic carbocycles. The molecule has 1 aromatic rings. The quantitative estimate of drug-likeness (QED) is 0.635. The van der Waals surface area contributed by atoms with Gasteiger partial charge in [0.25, 0.3) is 0 Å². The molecule has 6 nitrogen and oxygen atoms in total. The van der Waals surface area contributed by atoms with E-state index in [2.05, 4.69) is 20.5 Å². The molecule has 3 heterocycles. The minimum absolute atomic E-state index is 0.0103. The number of nitrogens with one attached hydrogen (secondary N) is 1. The fourth-order valence-electron chi connectivity index (χ4n) is 3.24. The van der Waals surface area contributed by atoms with Crippen LogP contribution in [0.5, 0.6) is 0 Å². The van der Waals surface area contributed by atoms with Crippen molar-refractivity contribution < 1.29 is 9.18 Å². The number of aryl methyl sites for hydroxylation is 1. The highest BCUT2D eigenvalue weighted by Gasteiger charge is 2.47. The summed E-state index contributed by atoms with van der Waals surface area (Å²) < 4.78 is 15.3. The molecule has 0 saturated carbocycles. The van der Waals surface area contributed by atoms with Gasteiger partial charge in [-0.1, -0.05) is 12.5 Å². The summed E-state index contributed by atoms with van der Waals surface area (Å²) in [4.78, 5) is 17.2. The third-order valence-corrected chi connectivity index (χ3v) is 4.57. The molecule has 24 heavy (non-hydrogen) atoms. The van der Waals surface area contributed by atoms with Crippen LogP contribution in [0.15, 0.2) is 28.5 Å². The molecule has 1 aromatic heterocycles. The topological polar surface area (TPSA) is 69.9 Å². The third-order valence-electron chi connectivity index (χ3n) is 4.57. The highest BCUT2D eigenvalue weighted by Crippen LogP contribution is 2.29. The Morgan fingerprint density at radius 1 is 1.46 bits per heavy atom. The Morgan fingerprint density at radius 2 is 2.33 bits per heavy atom. The lowest BCUT2D eigenvalue weighted by atomic mass is 9.97. The Bertz CT molecular complexity index is 645. The number of nitrogens with zero attached hydrogens (tertiary/aromatic N) is 4. The smallest absolute Gasteiger partial charge is 0.249 e. The molecule has 0 aromatic carbocycles. The van der Waals surface area contributed by atoms with E-state index >= 15 is 4.39 Å². The zero-order valence-electron chi connectivity index (χ0n) is 13.8. The van der Waals surface area contributed by atoms with Crippen LogP contribution in [-0.4, -0.2) is 53.0 Å². The fourth-order valence-corrected chi connectivity index (χ4v) is 3.24. The predicted molar refractivity (Wildman–Crippen MR) is 90.9 cm³/mol. The van der Waals surface area contributed by atoms with E-state index in [1.54, 1.807) is 4.90 Å². The van der Waals surface area contributed by atoms with Gasteiger partial charge in [-0.3, -0.25) is 14.7 Å². The minimum Gasteiger partial charge on any atom is -0.310 e. The number of piperidine rings is 1. The molecule has 3 rings (SSSR count). The van der Waals surface area contributed by atoms with Gasteiger partial charge in [-0.15, -0.1) is 5.10 Å². The standard InChI is InChI=1S/C17H22FN5O/c1-13-5-6-14(20-8-13)9-19-10-15-4-2-3-7-23(15)17(18)12-21-22-16(17)11-24/h5-6,8,11-12,15,19H,2-4,7,9-10H2,1H3. The molecule has 1 saturated heterocycles. The first-order valence-corrected chi connectivity index (χ1v) is 8.29. The number of aromatic nitrogens is 1. The van der Waals surface area contributed by atoms with Crippen molar-refractivity contribution in [3.63, 3.8) is 0 Å². The molecule has 2 aliphatic heterocycles. The van der Waals surface area contributed by atoms with Crippen molar-refractivity contribution in [2.24, 2.45) is 10.2 Å². The van der Waals surface area contributed by atoms with Gasteiger partial charge in [0.2, 0.25) is 5.79 Å². The number of rotatable bonds is 6. The average Bonchev–Trinajstić information content (AvgIpc) is 2.99. The molecular weight excluding hydrogens is 309 g/mol. The van der Waals surface area contributed by atoms with Crippen molar-refractivity contribution in [3.8, 4) is 0 Å². The van der Waals surface area contributed by atoms with Crippen molar-refractivity contribution >= 4 is 18.2 Å². The number of carbonyl (C=O) groups is 1. The molecular formula is C17H22FN5O. The first kappa shape index (κ1) is 16.9. The largest absolute Gasteiger partial charge is 0.310 e. The van der Waals surface area contributed by atoms with Crippen LogP contribution in [0.25, 0.3) is 0 Å². The van der Waals surface area contributed by atoms with E-state index in [1.165, 1.54) is 0 Å². The molecule has 2 unspecified atom stereocenters. The second kappa shape index (κ2) is 7.27. The number of carbonyl (C=O) groups excluding carboxylic acids is 1. The van der Waals surface area contributed by atoms with Gasteiger partial charge in [-0.05, 0) is 31.4 Å². The second-order valence-corrected chi connectivity index (χ2v) is 6.32. The zero-order chi connectivity index (χ0) is 17.0. The summed E-state index contributed by atoms with van der Waals surface area (Å²) in [7, 11) is 0. The molecule has 0 bridgehead atoms. The third kappa shape index (κ3) is 3.42. The molecule has 0 spiro atoms. The maximum atomic E-state index is 15.3. The van der Waals surface area contributed by atoms with Crippen LogP contribution in [0.3, 0.4) is 0 Å². The Balaban J connectivity index is 1.62. The molecule has 0 amide bonds. The Kier molecular flexibility index (Phi) is 5.11. The van der Waals surface area contributed by atoms with Crippen LogP contribution in [-0.2, 0) is 11.3 Å². The number of halogens is 1. The second-order valence-electron chi connectivity index (χ2n) is 6.32. The van der Waals surface area contributed by atoms with Crippen molar-refractivity contribution in [1.82, 2.24) is 15.2 Å². The molecule has 7 heteroatoms. The van der Waals surface area contributed by atoms with Crippen molar-refractivity contribution in [2.45, 2.75) is 44.6 Å². The predicted octanol–water partition coefficient (Wildman–Crippen LogP) is 1.64. The number of aldehydes is 1. The van der Waals surface area contributed by atoms with Crippen LogP contribution in [0.1, 0.15) is 30.5 Å². The number of likely N-dealkylation sites (tertiary alicyclic amines) is 1. The summed E-state index contributed by atoms with van der Waals surface area (Å²) in [6, 6.07) is 4.00. The Hall–Kier alpha value is -1.99. The minimum atomic E-state index is -1.98. The molecule has 1 fully saturated rings. The van der Waals surface area contributed by atoms with E-state index < -0.39 is 5.79 Å². The lowest BCUT2D eigenvalue weighted by molar-refractivity contribution is -0.103. The molecule has 2 aliphatic rings. The summed E-state index contributed by atoms with van der Waals surface area (Å²) in [6.07, 6.45) is 6.26. The summed E-state index contributed by atoms with van der Waals surface area (Å²) >= 11 is 0. The van der Waals surface area contributed by atoms with E-state index in [-0.39, 0.29) is 11.8 Å². The Labute approximate surface area is 140 Å². The summed E-state index contributed by atoms with van der Waals surface area (Å²) in [5.74, 6) is -1.98. The van der Waals surface area contributed by atoms with Gasteiger partial charge in [0.15, 0.2) is 12.0 Å².